The van der Waals surface area contributed by atoms with Crippen LogP contribution in [0.4, 0.5) is 0 Å². The van der Waals surface area contributed by atoms with Crippen molar-refractivity contribution in [2.45, 2.75) is 45.6 Å². The minimum atomic E-state index is 0.598. The Kier molecular flexibility index (Phi) is 4.74. The highest BCUT2D eigenvalue weighted by atomic mass is 14.9. The summed E-state index contributed by atoms with van der Waals surface area (Å²) in [6.07, 6.45) is 5.34. The first-order valence-electron chi connectivity index (χ1n) is 5.75. The van der Waals surface area contributed by atoms with E-state index in [0.717, 1.165) is 24.9 Å². The summed E-state index contributed by atoms with van der Waals surface area (Å²) < 4.78 is 0. The second kappa shape index (κ2) is 5.61. The van der Waals surface area contributed by atoms with Crippen LogP contribution in [0.5, 0.6) is 0 Å². The third-order valence-electron chi connectivity index (χ3n) is 3.27. The molecular weight excluding hydrogens is 160 g/mol. The molecule has 1 aliphatic carbocycles. The van der Waals surface area contributed by atoms with E-state index in [9.17, 15) is 0 Å². The van der Waals surface area contributed by atoms with Crippen molar-refractivity contribution in [3.63, 3.8) is 0 Å². The molecule has 0 spiro atoms. The summed E-state index contributed by atoms with van der Waals surface area (Å²) in [6.45, 7) is 6.50. The fourth-order valence-corrected chi connectivity index (χ4v) is 1.84. The van der Waals surface area contributed by atoms with E-state index in [0.29, 0.717) is 6.04 Å². The molecule has 0 aromatic heterocycles. The number of hydrogen-bond acceptors (Lipinski definition) is 2. The first-order valence-corrected chi connectivity index (χ1v) is 5.75. The molecular formula is C11H24N2. The third-order valence-corrected chi connectivity index (χ3v) is 3.27. The van der Waals surface area contributed by atoms with E-state index in [-0.39, 0.29) is 0 Å². The average Bonchev–Trinajstić information content (AvgIpc) is 2.96. The van der Waals surface area contributed by atoms with Crippen LogP contribution in [0.3, 0.4) is 0 Å². The van der Waals surface area contributed by atoms with E-state index in [1.807, 2.05) is 0 Å². The van der Waals surface area contributed by atoms with Crippen molar-refractivity contribution in [1.82, 2.24) is 5.32 Å². The van der Waals surface area contributed by atoms with Gasteiger partial charge in [0.1, 0.15) is 0 Å². The smallest absolute Gasteiger partial charge is 0.0218 e. The van der Waals surface area contributed by atoms with Crippen molar-refractivity contribution in [2.24, 2.45) is 17.6 Å². The monoisotopic (exact) mass is 184 g/mol. The normalized spacial score (nSPS) is 19.4. The zero-order valence-corrected chi connectivity index (χ0v) is 9.05. The lowest BCUT2D eigenvalue weighted by atomic mass is 10.0. The first kappa shape index (κ1) is 11.0. The lowest BCUT2D eigenvalue weighted by molar-refractivity contribution is 0.389. The average molecular weight is 184 g/mol. The summed E-state index contributed by atoms with van der Waals surface area (Å²) in [6, 6.07) is 0.598. The van der Waals surface area contributed by atoms with E-state index >= 15 is 0 Å². The van der Waals surface area contributed by atoms with Crippen LogP contribution in [0.1, 0.15) is 39.5 Å². The molecule has 3 N–H and O–H groups in total. The molecule has 1 aliphatic rings. The third kappa shape index (κ3) is 3.65. The second-order valence-electron chi connectivity index (χ2n) is 4.27. The Bertz CT molecular complexity index is 128. The fourth-order valence-electron chi connectivity index (χ4n) is 1.84. The van der Waals surface area contributed by atoms with Crippen LogP contribution >= 0.6 is 0 Å². The number of nitrogens with two attached hydrogens (primary N) is 1. The summed E-state index contributed by atoms with van der Waals surface area (Å²) >= 11 is 0. The Morgan fingerprint density at radius 1 is 1.31 bits per heavy atom. The van der Waals surface area contributed by atoms with E-state index in [1.54, 1.807) is 0 Å². The summed E-state index contributed by atoms with van der Waals surface area (Å²) in [7, 11) is 0. The van der Waals surface area contributed by atoms with Gasteiger partial charge >= 0.3 is 0 Å². The van der Waals surface area contributed by atoms with Gasteiger partial charge in [-0.1, -0.05) is 26.7 Å². The van der Waals surface area contributed by atoms with E-state index in [4.69, 9.17) is 5.73 Å². The zero-order valence-electron chi connectivity index (χ0n) is 9.05. The second-order valence-corrected chi connectivity index (χ2v) is 4.27. The molecule has 1 fully saturated rings. The fraction of sp³-hybridized carbons (Fsp3) is 1.00. The molecule has 13 heavy (non-hydrogen) atoms. The van der Waals surface area contributed by atoms with Gasteiger partial charge in [-0.3, -0.25) is 0 Å². The molecule has 1 unspecified atom stereocenters. The number of nitrogens with one attached hydrogen (secondary N) is 1. The highest BCUT2D eigenvalue weighted by Crippen LogP contribution is 2.32. The Balaban J connectivity index is 2.14. The molecule has 0 radical (unpaired) electrons. The van der Waals surface area contributed by atoms with Crippen molar-refractivity contribution in [1.29, 1.82) is 0 Å². The van der Waals surface area contributed by atoms with Gasteiger partial charge in [0.25, 0.3) is 0 Å². The summed E-state index contributed by atoms with van der Waals surface area (Å²) in [4.78, 5) is 0. The molecule has 0 amide bonds. The van der Waals surface area contributed by atoms with E-state index in [2.05, 4.69) is 19.2 Å². The molecule has 1 atom stereocenters. The van der Waals surface area contributed by atoms with Gasteiger partial charge in [-0.15, -0.1) is 0 Å². The Labute approximate surface area is 82.3 Å². The first-order chi connectivity index (χ1) is 6.31. The molecule has 1 saturated carbocycles. The topological polar surface area (TPSA) is 38.0 Å². The van der Waals surface area contributed by atoms with Gasteiger partial charge in [-0.2, -0.15) is 0 Å². The highest BCUT2D eigenvalue weighted by Gasteiger charge is 2.29. The van der Waals surface area contributed by atoms with E-state index in [1.165, 1.54) is 25.7 Å². The van der Waals surface area contributed by atoms with Gasteiger partial charge in [-0.05, 0) is 31.2 Å². The standard InChI is InChI=1S/C11H24N2/c1-3-9(4-2)8-13-11(7-12)10-5-6-10/h9-11,13H,3-8,12H2,1-2H3. The van der Waals surface area contributed by atoms with Crippen LogP contribution in [-0.2, 0) is 0 Å². The zero-order chi connectivity index (χ0) is 9.68. The highest BCUT2D eigenvalue weighted by molar-refractivity contribution is 4.87. The summed E-state index contributed by atoms with van der Waals surface area (Å²) in [5.41, 5.74) is 5.72. The summed E-state index contributed by atoms with van der Waals surface area (Å²) in [5.74, 6) is 1.73. The Morgan fingerprint density at radius 2 is 1.92 bits per heavy atom. The molecule has 0 aromatic carbocycles. The van der Waals surface area contributed by atoms with Gasteiger partial charge in [-0.25, -0.2) is 0 Å². The molecule has 0 aromatic rings. The van der Waals surface area contributed by atoms with Crippen LogP contribution in [0.2, 0.25) is 0 Å². The maximum atomic E-state index is 5.72. The predicted molar refractivity (Wildman–Crippen MR) is 57.6 cm³/mol. The van der Waals surface area contributed by atoms with Crippen LogP contribution in [0.25, 0.3) is 0 Å². The molecule has 0 heterocycles. The Morgan fingerprint density at radius 3 is 2.31 bits per heavy atom. The minimum Gasteiger partial charge on any atom is -0.329 e. The van der Waals surface area contributed by atoms with Crippen LogP contribution in [-0.4, -0.2) is 19.1 Å². The molecule has 0 aliphatic heterocycles. The molecule has 0 saturated heterocycles. The predicted octanol–water partition coefficient (Wildman–Crippen LogP) is 1.75. The van der Waals surface area contributed by atoms with Gasteiger partial charge in [0.05, 0.1) is 0 Å². The SMILES string of the molecule is CCC(CC)CNC(CN)C1CC1. The van der Waals surface area contributed by atoms with Gasteiger partial charge < -0.3 is 11.1 Å². The summed E-state index contributed by atoms with van der Waals surface area (Å²) in [5, 5.41) is 3.61. The van der Waals surface area contributed by atoms with E-state index < -0.39 is 0 Å². The lowest BCUT2D eigenvalue weighted by Crippen LogP contribution is -2.40. The van der Waals surface area contributed by atoms with Crippen molar-refractivity contribution in [2.75, 3.05) is 13.1 Å². The van der Waals surface area contributed by atoms with Gasteiger partial charge in [0.2, 0.25) is 0 Å². The van der Waals surface area contributed by atoms with Crippen molar-refractivity contribution >= 4 is 0 Å². The molecule has 2 nitrogen and oxygen atoms in total. The van der Waals surface area contributed by atoms with Crippen molar-refractivity contribution in [3.05, 3.63) is 0 Å². The maximum Gasteiger partial charge on any atom is 0.0218 e. The van der Waals surface area contributed by atoms with Crippen LogP contribution in [0, 0.1) is 11.8 Å². The number of rotatable bonds is 7. The minimum absolute atomic E-state index is 0.598. The van der Waals surface area contributed by atoms with Gasteiger partial charge in [0.15, 0.2) is 0 Å². The van der Waals surface area contributed by atoms with Crippen molar-refractivity contribution in [3.8, 4) is 0 Å². The number of hydrogen-bond donors (Lipinski definition) is 2. The molecule has 2 heteroatoms. The Hall–Kier alpha value is -0.0800. The van der Waals surface area contributed by atoms with Crippen molar-refractivity contribution < 1.29 is 0 Å². The molecule has 1 rings (SSSR count). The maximum absolute atomic E-state index is 5.72. The molecule has 78 valence electrons. The quantitative estimate of drug-likeness (QED) is 0.632. The van der Waals surface area contributed by atoms with Gasteiger partial charge in [0, 0.05) is 12.6 Å². The largest absolute Gasteiger partial charge is 0.329 e. The van der Waals surface area contributed by atoms with Crippen LogP contribution in [0.15, 0.2) is 0 Å². The van der Waals surface area contributed by atoms with Crippen LogP contribution < -0.4 is 11.1 Å². The molecule has 0 bridgehead atoms. The lowest BCUT2D eigenvalue weighted by Gasteiger charge is -2.20.